The number of benzene rings is 2. The van der Waals surface area contributed by atoms with E-state index in [2.05, 4.69) is 16.4 Å². The minimum absolute atomic E-state index is 0.00130. The van der Waals surface area contributed by atoms with Crippen LogP contribution in [0.15, 0.2) is 63.1 Å². The fourth-order valence-electron chi connectivity index (χ4n) is 3.85. The van der Waals surface area contributed by atoms with Gasteiger partial charge in [0.25, 0.3) is 5.56 Å². The molecule has 0 spiro atoms. The van der Waals surface area contributed by atoms with Gasteiger partial charge in [0, 0.05) is 19.7 Å². The maximum Gasteiger partial charge on any atom is 0.573 e. The molecular formula is C25H24F4N4O5. The Bertz CT molecular complexity index is 1450. The van der Waals surface area contributed by atoms with Crippen LogP contribution in [0.25, 0.3) is 0 Å². The van der Waals surface area contributed by atoms with E-state index in [1.165, 1.54) is 48.3 Å². The van der Waals surface area contributed by atoms with Crippen molar-refractivity contribution in [2.75, 3.05) is 11.6 Å². The molecule has 1 aromatic heterocycles. The maximum atomic E-state index is 13.6. The van der Waals surface area contributed by atoms with Crippen LogP contribution in [-0.2, 0) is 20.1 Å². The number of nitrogens with zero attached hydrogens (tertiary/aromatic N) is 4. The Labute approximate surface area is 213 Å². The lowest BCUT2D eigenvalue weighted by molar-refractivity contribution is -0.274. The topological polar surface area (TPSA) is 98.3 Å². The molecule has 1 aliphatic rings. The number of anilines is 1. The van der Waals surface area contributed by atoms with Gasteiger partial charge in [-0.15, -0.1) is 13.2 Å². The second-order valence-corrected chi connectivity index (χ2v) is 8.91. The van der Waals surface area contributed by atoms with Gasteiger partial charge in [0.15, 0.2) is 12.5 Å². The standard InChI is InChI=1S/C25H24F4N4O5/c1-30-21-20(22(34)33(23(35)31(21)2)14-24(36)10-11-24)32(13-16-6-8-17(26)9-7-16)15-37-18-4-3-5-19(12-18)38-25(27,28)29/h3-9,12,36H,1,10-11,13-15H2,2H3. The fraction of sp³-hybridized carbons (Fsp3) is 0.320. The molecule has 4 rings (SSSR count). The SMILES string of the molecule is C=Nc1c(N(COc2cccc(OC(F)(F)F)c2)Cc2ccc(F)cc2)c(=O)n(CC2(O)CC2)c(=O)n1C. The van der Waals surface area contributed by atoms with Gasteiger partial charge < -0.3 is 19.5 Å². The van der Waals surface area contributed by atoms with E-state index in [4.69, 9.17) is 4.74 Å². The molecule has 0 unspecified atom stereocenters. The number of aliphatic imine (C=N–C) groups is 1. The van der Waals surface area contributed by atoms with Gasteiger partial charge in [0.05, 0.1) is 12.1 Å². The normalized spacial score (nSPS) is 14.2. The van der Waals surface area contributed by atoms with Gasteiger partial charge in [0.1, 0.15) is 23.0 Å². The molecule has 1 aliphatic carbocycles. The molecule has 1 fully saturated rings. The van der Waals surface area contributed by atoms with Gasteiger partial charge in [-0.2, -0.15) is 0 Å². The molecule has 0 radical (unpaired) electrons. The molecule has 0 bridgehead atoms. The molecule has 38 heavy (non-hydrogen) atoms. The number of hydrogen-bond donors (Lipinski definition) is 1. The highest BCUT2D eigenvalue weighted by Crippen LogP contribution is 2.36. The van der Waals surface area contributed by atoms with Crippen molar-refractivity contribution in [3.05, 3.63) is 80.7 Å². The van der Waals surface area contributed by atoms with Crippen molar-refractivity contribution in [2.24, 2.45) is 12.0 Å². The van der Waals surface area contributed by atoms with Gasteiger partial charge in [-0.1, -0.05) is 18.2 Å². The van der Waals surface area contributed by atoms with Crippen LogP contribution in [0.1, 0.15) is 18.4 Å². The summed E-state index contributed by atoms with van der Waals surface area (Å²) in [4.78, 5) is 31.7. The summed E-state index contributed by atoms with van der Waals surface area (Å²) in [7, 11) is 1.39. The first-order valence-corrected chi connectivity index (χ1v) is 11.4. The number of rotatable bonds is 10. The fourth-order valence-corrected chi connectivity index (χ4v) is 3.85. The Morgan fingerprint density at radius 1 is 1.13 bits per heavy atom. The Balaban J connectivity index is 1.74. The number of halogens is 4. The molecule has 9 nitrogen and oxygen atoms in total. The Morgan fingerprint density at radius 3 is 2.39 bits per heavy atom. The van der Waals surface area contributed by atoms with Gasteiger partial charge in [-0.05, 0) is 49.4 Å². The van der Waals surface area contributed by atoms with E-state index in [1.807, 2.05) is 0 Å². The number of aliphatic hydroxyl groups is 1. The van der Waals surface area contributed by atoms with Gasteiger partial charge >= 0.3 is 12.1 Å². The smallest absolute Gasteiger partial charge is 0.473 e. The first kappa shape index (κ1) is 26.9. The molecular weight excluding hydrogens is 512 g/mol. The molecule has 2 aromatic carbocycles. The van der Waals surface area contributed by atoms with Crippen LogP contribution >= 0.6 is 0 Å². The third kappa shape index (κ3) is 6.22. The van der Waals surface area contributed by atoms with E-state index in [0.717, 1.165) is 21.3 Å². The lowest BCUT2D eigenvalue weighted by atomic mass is 10.2. The molecule has 202 valence electrons. The van der Waals surface area contributed by atoms with Crippen molar-refractivity contribution in [1.82, 2.24) is 9.13 Å². The van der Waals surface area contributed by atoms with Gasteiger partial charge in [-0.3, -0.25) is 13.9 Å². The zero-order valence-corrected chi connectivity index (χ0v) is 20.2. The third-order valence-corrected chi connectivity index (χ3v) is 5.95. The van der Waals surface area contributed by atoms with E-state index in [9.17, 15) is 32.3 Å². The van der Waals surface area contributed by atoms with Crippen LogP contribution in [0.2, 0.25) is 0 Å². The molecule has 3 aromatic rings. The zero-order chi connectivity index (χ0) is 27.7. The minimum Gasteiger partial charge on any atom is -0.473 e. The summed E-state index contributed by atoms with van der Waals surface area (Å²) < 4.78 is 63.1. The van der Waals surface area contributed by atoms with Crippen LogP contribution in [0.5, 0.6) is 11.5 Å². The van der Waals surface area contributed by atoms with Gasteiger partial charge in [-0.25, -0.2) is 14.2 Å². The predicted molar refractivity (Wildman–Crippen MR) is 131 cm³/mol. The lowest BCUT2D eigenvalue weighted by Crippen LogP contribution is -2.45. The zero-order valence-electron chi connectivity index (χ0n) is 20.2. The monoisotopic (exact) mass is 536 g/mol. The molecule has 0 saturated heterocycles. The van der Waals surface area contributed by atoms with Crippen molar-refractivity contribution in [2.45, 2.75) is 37.9 Å². The van der Waals surface area contributed by atoms with Crippen molar-refractivity contribution in [1.29, 1.82) is 0 Å². The number of hydrogen-bond acceptors (Lipinski definition) is 7. The summed E-state index contributed by atoms with van der Waals surface area (Å²) in [5, 5.41) is 10.4. The van der Waals surface area contributed by atoms with Crippen LogP contribution in [0, 0.1) is 5.82 Å². The second-order valence-electron chi connectivity index (χ2n) is 8.91. The minimum atomic E-state index is -4.90. The molecule has 1 N–H and O–H groups in total. The molecule has 0 aliphatic heterocycles. The number of alkyl halides is 3. The predicted octanol–water partition coefficient (Wildman–Crippen LogP) is 3.48. The molecule has 1 saturated carbocycles. The molecule has 1 heterocycles. The van der Waals surface area contributed by atoms with Crippen LogP contribution in [0.4, 0.5) is 29.1 Å². The second kappa shape index (κ2) is 10.3. The Hall–Kier alpha value is -4.13. The van der Waals surface area contributed by atoms with E-state index in [1.54, 1.807) is 0 Å². The third-order valence-electron chi connectivity index (χ3n) is 5.95. The van der Waals surface area contributed by atoms with Crippen LogP contribution in [-0.4, -0.2) is 39.7 Å². The average molecular weight is 536 g/mol. The average Bonchev–Trinajstić information content (AvgIpc) is 3.59. The Morgan fingerprint density at radius 2 is 1.79 bits per heavy atom. The van der Waals surface area contributed by atoms with Crippen LogP contribution < -0.4 is 25.6 Å². The van der Waals surface area contributed by atoms with Crippen molar-refractivity contribution in [3.8, 4) is 11.5 Å². The maximum absolute atomic E-state index is 13.6. The Kier molecular flexibility index (Phi) is 7.31. The number of ether oxygens (including phenoxy) is 2. The molecule has 0 atom stereocenters. The molecule has 0 amide bonds. The van der Waals surface area contributed by atoms with Crippen molar-refractivity contribution in [3.63, 3.8) is 0 Å². The summed E-state index contributed by atoms with van der Waals surface area (Å²) in [5.74, 6) is -1.07. The van der Waals surface area contributed by atoms with Crippen molar-refractivity contribution < 1.29 is 32.1 Å². The first-order chi connectivity index (χ1) is 17.9. The van der Waals surface area contributed by atoms with Gasteiger partial charge in [0.2, 0.25) is 0 Å². The highest BCUT2D eigenvalue weighted by atomic mass is 19.4. The van der Waals surface area contributed by atoms with E-state index in [-0.39, 0.29) is 37.1 Å². The van der Waals surface area contributed by atoms with Crippen molar-refractivity contribution >= 4 is 18.2 Å². The summed E-state index contributed by atoms with van der Waals surface area (Å²) in [6.07, 6.45) is -4.04. The molecule has 13 heteroatoms. The van der Waals surface area contributed by atoms with E-state index >= 15 is 0 Å². The quantitative estimate of drug-likeness (QED) is 0.242. The van der Waals surface area contributed by atoms with E-state index < -0.39 is 34.8 Å². The highest BCUT2D eigenvalue weighted by molar-refractivity contribution is 5.64. The van der Waals surface area contributed by atoms with E-state index in [0.29, 0.717) is 18.4 Å². The summed E-state index contributed by atoms with van der Waals surface area (Å²) in [6.45, 7) is 2.83. The first-order valence-electron chi connectivity index (χ1n) is 11.4. The largest absolute Gasteiger partial charge is 0.573 e. The summed E-state index contributed by atoms with van der Waals surface area (Å²) >= 11 is 0. The lowest BCUT2D eigenvalue weighted by Gasteiger charge is -2.27. The van der Waals surface area contributed by atoms with Crippen LogP contribution in [0.3, 0.4) is 0 Å². The number of aromatic nitrogens is 2. The highest BCUT2D eigenvalue weighted by Gasteiger charge is 2.42. The summed E-state index contributed by atoms with van der Waals surface area (Å²) in [6, 6.07) is 10.2. The summed E-state index contributed by atoms with van der Waals surface area (Å²) in [5.41, 5.74) is -2.19.